The summed E-state index contributed by atoms with van der Waals surface area (Å²) in [6.45, 7) is 7.66. The lowest BCUT2D eigenvalue weighted by molar-refractivity contribution is 0.0978. The maximum absolute atomic E-state index is 12.8. The number of carbonyl (C=O) groups excluding carboxylic acids is 2. The van der Waals surface area contributed by atoms with Crippen molar-refractivity contribution < 1.29 is 19.1 Å². The summed E-state index contributed by atoms with van der Waals surface area (Å²) in [6.07, 6.45) is 0.000872. The zero-order valence-corrected chi connectivity index (χ0v) is 14.3. The van der Waals surface area contributed by atoms with Crippen LogP contribution in [0.5, 0.6) is 11.5 Å². The summed E-state index contributed by atoms with van der Waals surface area (Å²) in [5.74, 6) is 0.857. The number of ether oxygens (including phenoxy) is 2. The Balaban J connectivity index is 2.04. The van der Waals surface area contributed by atoms with Crippen molar-refractivity contribution >= 4 is 11.6 Å². The predicted molar refractivity (Wildman–Crippen MR) is 91.3 cm³/mol. The second-order valence-corrected chi connectivity index (χ2v) is 6.41. The van der Waals surface area contributed by atoms with E-state index in [9.17, 15) is 9.59 Å². The molecule has 0 atom stereocenters. The molecule has 0 N–H and O–H groups in total. The van der Waals surface area contributed by atoms with E-state index in [-0.39, 0.29) is 23.8 Å². The molecule has 0 saturated heterocycles. The third-order valence-electron chi connectivity index (χ3n) is 3.70. The maximum atomic E-state index is 12.8. The molecule has 0 aromatic heterocycles. The molecule has 3 rings (SSSR count). The fraction of sp³-hybridized carbons (Fsp3) is 0.300. The van der Waals surface area contributed by atoms with E-state index in [1.165, 1.54) is 0 Å². The van der Waals surface area contributed by atoms with Crippen LogP contribution in [0.4, 0.5) is 0 Å². The third-order valence-corrected chi connectivity index (χ3v) is 3.70. The molecule has 2 aromatic rings. The van der Waals surface area contributed by atoms with Gasteiger partial charge in [-0.2, -0.15) is 0 Å². The standard InChI is InChI=1S/C20H20O4/c1-11(2)23-13-5-7-15-17(9-13)19(21)16-8-6-14(24-12(3)4)10-18(16)20(15)22/h5-12H,1-4H3. The topological polar surface area (TPSA) is 52.6 Å². The van der Waals surface area contributed by atoms with E-state index in [1.807, 2.05) is 27.7 Å². The molecule has 124 valence electrons. The van der Waals surface area contributed by atoms with E-state index in [1.54, 1.807) is 36.4 Å². The van der Waals surface area contributed by atoms with Crippen molar-refractivity contribution in [1.82, 2.24) is 0 Å². The monoisotopic (exact) mass is 324 g/mol. The average molecular weight is 324 g/mol. The van der Waals surface area contributed by atoms with E-state index >= 15 is 0 Å². The van der Waals surface area contributed by atoms with E-state index < -0.39 is 0 Å². The van der Waals surface area contributed by atoms with Crippen LogP contribution in [-0.4, -0.2) is 23.8 Å². The van der Waals surface area contributed by atoms with Gasteiger partial charge in [0, 0.05) is 22.3 Å². The molecule has 2 aromatic carbocycles. The fourth-order valence-electron chi connectivity index (χ4n) is 2.80. The summed E-state index contributed by atoms with van der Waals surface area (Å²) in [5.41, 5.74) is 1.60. The molecule has 0 unspecified atom stereocenters. The molecule has 1 aliphatic rings. The lowest BCUT2D eigenvalue weighted by Crippen LogP contribution is -2.21. The van der Waals surface area contributed by atoms with Crippen molar-refractivity contribution in [3.05, 3.63) is 58.7 Å². The Labute approximate surface area is 141 Å². The number of carbonyl (C=O) groups is 2. The molecule has 4 nitrogen and oxygen atoms in total. The predicted octanol–water partition coefficient (Wildman–Crippen LogP) is 4.04. The molecule has 4 heteroatoms. The fourth-order valence-corrected chi connectivity index (χ4v) is 2.80. The summed E-state index contributed by atoms with van der Waals surface area (Å²) in [6, 6.07) is 10.1. The molecule has 0 spiro atoms. The number of rotatable bonds is 4. The lowest BCUT2D eigenvalue weighted by Gasteiger charge is -2.20. The highest BCUT2D eigenvalue weighted by molar-refractivity contribution is 6.28. The SMILES string of the molecule is CC(C)Oc1ccc2c(c1)C(=O)c1ccc(OC(C)C)cc1C2=O. The molecule has 0 saturated carbocycles. The van der Waals surface area contributed by atoms with Crippen molar-refractivity contribution in [2.75, 3.05) is 0 Å². The van der Waals surface area contributed by atoms with Crippen LogP contribution >= 0.6 is 0 Å². The average Bonchev–Trinajstić information content (AvgIpc) is 2.51. The molecular formula is C20H20O4. The van der Waals surface area contributed by atoms with Crippen molar-refractivity contribution in [3.63, 3.8) is 0 Å². The van der Waals surface area contributed by atoms with Crippen LogP contribution in [0.1, 0.15) is 59.5 Å². The highest BCUT2D eigenvalue weighted by atomic mass is 16.5. The Morgan fingerprint density at radius 1 is 0.625 bits per heavy atom. The van der Waals surface area contributed by atoms with E-state index in [0.717, 1.165) is 0 Å². The van der Waals surface area contributed by atoms with Gasteiger partial charge in [-0.25, -0.2) is 0 Å². The van der Waals surface area contributed by atoms with Crippen LogP contribution in [-0.2, 0) is 0 Å². The summed E-state index contributed by atoms with van der Waals surface area (Å²) in [4.78, 5) is 25.6. The van der Waals surface area contributed by atoms with Gasteiger partial charge in [-0.05, 0) is 64.1 Å². The molecule has 0 amide bonds. The third kappa shape index (κ3) is 2.92. The number of ketones is 2. The molecular weight excluding hydrogens is 304 g/mol. The van der Waals surface area contributed by atoms with Crippen LogP contribution in [0.3, 0.4) is 0 Å². The van der Waals surface area contributed by atoms with Gasteiger partial charge in [0.1, 0.15) is 11.5 Å². The zero-order chi connectivity index (χ0) is 17.4. The minimum absolute atomic E-state index is 0.000436. The van der Waals surface area contributed by atoms with Gasteiger partial charge in [-0.1, -0.05) is 0 Å². The maximum Gasteiger partial charge on any atom is 0.194 e. The first-order valence-corrected chi connectivity index (χ1v) is 8.07. The normalized spacial score (nSPS) is 13.1. The first kappa shape index (κ1) is 16.2. The van der Waals surface area contributed by atoms with Gasteiger partial charge in [0.15, 0.2) is 11.6 Å². The Kier molecular flexibility index (Phi) is 4.14. The summed E-state index contributed by atoms with van der Waals surface area (Å²) < 4.78 is 11.3. The van der Waals surface area contributed by atoms with Gasteiger partial charge < -0.3 is 9.47 Å². The van der Waals surface area contributed by atoms with Gasteiger partial charge in [-0.15, -0.1) is 0 Å². The second kappa shape index (κ2) is 6.11. The smallest absolute Gasteiger partial charge is 0.194 e. The molecule has 0 radical (unpaired) electrons. The highest BCUT2D eigenvalue weighted by Gasteiger charge is 2.30. The second-order valence-electron chi connectivity index (χ2n) is 6.41. The van der Waals surface area contributed by atoms with Gasteiger partial charge >= 0.3 is 0 Å². The first-order valence-electron chi connectivity index (χ1n) is 8.07. The van der Waals surface area contributed by atoms with Crippen molar-refractivity contribution in [2.45, 2.75) is 39.9 Å². The van der Waals surface area contributed by atoms with Crippen molar-refractivity contribution in [2.24, 2.45) is 0 Å². The highest BCUT2D eigenvalue weighted by Crippen LogP contribution is 2.32. The summed E-state index contributed by atoms with van der Waals surface area (Å²) in [7, 11) is 0. The number of fused-ring (bicyclic) bond motifs is 2. The molecule has 0 fully saturated rings. The van der Waals surface area contributed by atoms with E-state index in [0.29, 0.717) is 33.8 Å². The molecule has 24 heavy (non-hydrogen) atoms. The molecule has 0 bridgehead atoms. The summed E-state index contributed by atoms with van der Waals surface area (Å²) in [5, 5.41) is 0. The molecule has 0 aliphatic heterocycles. The lowest BCUT2D eigenvalue weighted by atomic mass is 9.84. The number of benzene rings is 2. The Morgan fingerprint density at radius 2 is 1.00 bits per heavy atom. The van der Waals surface area contributed by atoms with Crippen molar-refractivity contribution in [3.8, 4) is 11.5 Å². The van der Waals surface area contributed by atoms with Crippen LogP contribution in [0, 0.1) is 0 Å². The van der Waals surface area contributed by atoms with Gasteiger partial charge in [0.2, 0.25) is 0 Å². The largest absolute Gasteiger partial charge is 0.491 e. The van der Waals surface area contributed by atoms with E-state index in [2.05, 4.69) is 0 Å². The zero-order valence-electron chi connectivity index (χ0n) is 14.3. The Hall–Kier alpha value is -2.62. The van der Waals surface area contributed by atoms with Crippen LogP contribution in [0.2, 0.25) is 0 Å². The van der Waals surface area contributed by atoms with Gasteiger partial charge in [-0.3, -0.25) is 9.59 Å². The summed E-state index contributed by atoms with van der Waals surface area (Å²) >= 11 is 0. The number of hydrogen-bond donors (Lipinski definition) is 0. The van der Waals surface area contributed by atoms with Crippen molar-refractivity contribution in [1.29, 1.82) is 0 Å². The Bertz CT molecular complexity index is 749. The van der Waals surface area contributed by atoms with Crippen LogP contribution in [0.25, 0.3) is 0 Å². The first-order chi connectivity index (χ1) is 11.4. The molecule has 0 heterocycles. The molecule has 1 aliphatic carbocycles. The number of hydrogen-bond acceptors (Lipinski definition) is 4. The minimum atomic E-state index is -0.162. The quantitative estimate of drug-likeness (QED) is 0.727. The van der Waals surface area contributed by atoms with Crippen LogP contribution in [0.15, 0.2) is 36.4 Å². The van der Waals surface area contributed by atoms with Crippen LogP contribution < -0.4 is 9.47 Å². The van der Waals surface area contributed by atoms with Gasteiger partial charge in [0.05, 0.1) is 12.2 Å². The Morgan fingerprint density at radius 3 is 1.33 bits per heavy atom. The van der Waals surface area contributed by atoms with Gasteiger partial charge in [0.25, 0.3) is 0 Å². The minimum Gasteiger partial charge on any atom is -0.491 e. The van der Waals surface area contributed by atoms with E-state index in [4.69, 9.17) is 9.47 Å².